The zero-order chi connectivity index (χ0) is 24.2. The summed E-state index contributed by atoms with van der Waals surface area (Å²) in [5, 5.41) is 10.3. The summed E-state index contributed by atoms with van der Waals surface area (Å²) >= 11 is 7.96. The van der Waals surface area contributed by atoms with Gasteiger partial charge in [0.1, 0.15) is 24.2 Å². The van der Waals surface area contributed by atoms with Gasteiger partial charge in [-0.1, -0.05) is 36.4 Å². The van der Waals surface area contributed by atoms with Crippen molar-refractivity contribution >= 4 is 40.0 Å². The minimum absolute atomic E-state index is 0.259. The fraction of sp³-hybridized carbons (Fsp3) is 0.200. The second-order valence-electron chi connectivity index (χ2n) is 7.86. The van der Waals surface area contributed by atoms with Crippen LogP contribution >= 0.6 is 23.4 Å². The highest BCUT2D eigenvalue weighted by molar-refractivity contribution is 7.99. The monoisotopic (exact) mass is 492 g/mol. The molecule has 34 heavy (non-hydrogen) atoms. The van der Waals surface area contributed by atoms with Gasteiger partial charge in [0.05, 0.1) is 5.02 Å². The molecule has 3 aromatic heterocycles. The lowest BCUT2D eigenvalue weighted by molar-refractivity contribution is 0.306. The third-order valence-corrected chi connectivity index (χ3v) is 6.62. The average Bonchev–Trinajstić information content (AvgIpc) is 3.21. The Morgan fingerprint density at radius 3 is 2.82 bits per heavy atom. The minimum atomic E-state index is 0.259. The molecule has 7 nitrogen and oxygen atoms in total. The van der Waals surface area contributed by atoms with Crippen LogP contribution in [0, 0.1) is 6.92 Å². The van der Waals surface area contributed by atoms with Crippen molar-refractivity contribution in [1.29, 1.82) is 0 Å². The van der Waals surface area contributed by atoms with Gasteiger partial charge in [0.15, 0.2) is 5.16 Å². The number of hydrogen-bond donors (Lipinski definition) is 0. The summed E-state index contributed by atoms with van der Waals surface area (Å²) in [4.78, 5) is 12.0. The third-order valence-electron chi connectivity index (χ3n) is 5.17. The van der Waals surface area contributed by atoms with Crippen LogP contribution in [-0.4, -0.2) is 43.7 Å². The summed E-state index contributed by atoms with van der Waals surface area (Å²) in [5.74, 6) is 0.682. The summed E-state index contributed by atoms with van der Waals surface area (Å²) < 4.78 is 8.14. The Morgan fingerprint density at radius 1 is 1.29 bits per heavy atom. The van der Waals surface area contributed by atoms with Crippen LogP contribution < -0.4 is 4.74 Å². The van der Waals surface area contributed by atoms with E-state index in [0.717, 1.165) is 43.5 Å². The van der Waals surface area contributed by atoms with Gasteiger partial charge in [0.2, 0.25) is 0 Å². The summed E-state index contributed by atoms with van der Waals surface area (Å²) in [6, 6.07) is 8.04. The van der Waals surface area contributed by atoms with Gasteiger partial charge >= 0.3 is 0 Å². The molecule has 0 radical (unpaired) electrons. The van der Waals surface area contributed by atoms with Gasteiger partial charge in [0.25, 0.3) is 0 Å². The molecule has 0 aliphatic heterocycles. The second-order valence-corrected chi connectivity index (χ2v) is 9.28. The molecule has 0 atom stereocenters. The zero-order valence-electron chi connectivity index (χ0n) is 19.5. The molecule has 4 rings (SSSR count). The molecule has 0 amide bonds. The van der Waals surface area contributed by atoms with Crippen LogP contribution in [0.15, 0.2) is 71.8 Å². The molecular formula is C25H25ClN6OS. The molecule has 0 aliphatic carbocycles. The van der Waals surface area contributed by atoms with E-state index in [1.807, 2.05) is 50.8 Å². The molecule has 4 aromatic rings. The number of fused-ring (bicyclic) bond motifs is 1. The Balaban J connectivity index is 1.71. The van der Waals surface area contributed by atoms with Crippen molar-refractivity contribution in [2.24, 2.45) is 7.05 Å². The van der Waals surface area contributed by atoms with Crippen LogP contribution in [0.3, 0.4) is 0 Å². The molecule has 0 saturated heterocycles. The number of allylic oxidation sites excluding steroid dienone is 2. The van der Waals surface area contributed by atoms with Crippen molar-refractivity contribution in [2.45, 2.75) is 23.6 Å². The number of para-hydroxylation sites is 1. The predicted octanol–water partition coefficient (Wildman–Crippen LogP) is 5.54. The van der Waals surface area contributed by atoms with Crippen molar-refractivity contribution in [2.75, 3.05) is 14.1 Å². The molecule has 3 heterocycles. The molecule has 0 saturated carbocycles. The zero-order valence-corrected chi connectivity index (χ0v) is 21.1. The van der Waals surface area contributed by atoms with Crippen molar-refractivity contribution in [3.05, 3.63) is 83.6 Å². The largest absolute Gasteiger partial charge is 0.487 e. The average molecular weight is 493 g/mol. The lowest BCUT2D eigenvalue weighted by Crippen LogP contribution is -2.11. The topological polar surface area (TPSA) is 69.0 Å². The summed E-state index contributed by atoms with van der Waals surface area (Å²) in [7, 11) is 5.92. The number of aryl methyl sites for hydroxylation is 2. The Hall–Kier alpha value is -3.36. The highest BCUT2D eigenvalue weighted by Gasteiger charge is 2.16. The number of hydrogen-bond acceptors (Lipinski definition) is 7. The quantitative estimate of drug-likeness (QED) is 0.299. The lowest BCUT2D eigenvalue weighted by Gasteiger charge is -2.20. The maximum Gasteiger partial charge on any atom is 0.195 e. The molecule has 0 fully saturated rings. The van der Waals surface area contributed by atoms with Crippen LogP contribution in [0.4, 0.5) is 0 Å². The van der Waals surface area contributed by atoms with E-state index in [1.54, 1.807) is 24.8 Å². The number of nitrogens with zero attached hydrogens (tertiary/aromatic N) is 6. The summed E-state index contributed by atoms with van der Waals surface area (Å²) in [6.07, 6.45) is 8.82. The van der Waals surface area contributed by atoms with Gasteiger partial charge in [-0.25, -0.2) is 4.98 Å². The summed E-state index contributed by atoms with van der Waals surface area (Å²) in [5.41, 5.74) is 4.63. The van der Waals surface area contributed by atoms with Crippen LogP contribution in [0.2, 0.25) is 5.02 Å². The molecule has 1 aromatic carbocycles. The minimum Gasteiger partial charge on any atom is -0.487 e. The fourth-order valence-electron chi connectivity index (χ4n) is 3.56. The molecule has 9 heteroatoms. The van der Waals surface area contributed by atoms with E-state index in [-0.39, 0.29) is 6.61 Å². The number of ether oxygens (including phenoxy) is 1. The number of benzene rings is 1. The first-order valence-electron chi connectivity index (χ1n) is 10.6. The van der Waals surface area contributed by atoms with E-state index >= 15 is 0 Å². The first kappa shape index (κ1) is 23.8. The van der Waals surface area contributed by atoms with E-state index in [4.69, 9.17) is 21.3 Å². The van der Waals surface area contributed by atoms with E-state index < -0.39 is 0 Å². The van der Waals surface area contributed by atoms with Crippen molar-refractivity contribution in [1.82, 2.24) is 29.6 Å². The SMILES string of the molecule is C=C/C=C(/c1cc(C)nc2c(OCc3c(Cl)cncc3Sc3nncn3C)cccc12)N(C)C. The molecule has 0 bridgehead atoms. The van der Waals surface area contributed by atoms with Crippen LogP contribution in [0.5, 0.6) is 5.75 Å². The van der Waals surface area contributed by atoms with Gasteiger partial charge < -0.3 is 14.2 Å². The van der Waals surface area contributed by atoms with E-state index in [1.165, 1.54) is 11.8 Å². The Morgan fingerprint density at radius 2 is 2.12 bits per heavy atom. The van der Waals surface area contributed by atoms with Gasteiger partial charge in [-0.2, -0.15) is 0 Å². The molecule has 174 valence electrons. The van der Waals surface area contributed by atoms with E-state index in [9.17, 15) is 0 Å². The number of halogens is 1. The number of aromatic nitrogens is 5. The normalized spacial score (nSPS) is 11.6. The van der Waals surface area contributed by atoms with Crippen molar-refractivity contribution in [3.63, 3.8) is 0 Å². The Labute approximate surface area is 208 Å². The van der Waals surface area contributed by atoms with E-state index in [2.05, 4.69) is 38.8 Å². The van der Waals surface area contributed by atoms with Gasteiger partial charge in [0, 0.05) is 66.3 Å². The molecule has 0 N–H and O–H groups in total. The maximum absolute atomic E-state index is 6.52. The lowest BCUT2D eigenvalue weighted by atomic mass is 10.0. The number of pyridine rings is 2. The van der Waals surface area contributed by atoms with Crippen LogP contribution in [0.25, 0.3) is 16.6 Å². The fourth-order valence-corrected chi connectivity index (χ4v) is 4.71. The molecule has 0 spiro atoms. The summed E-state index contributed by atoms with van der Waals surface area (Å²) in [6.45, 7) is 6.11. The second kappa shape index (κ2) is 10.3. The molecular weight excluding hydrogens is 468 g/mol. The van der Waals surface area contributed by atoms with Crippen molar-refractivity contribution in [3.8, 4) is 5.75 Å². The van der Waals surface area contributed by atoms with Crippen molar-refractivity contribution < 1.29 is 4.74 Å². The smallest absolute Gasteiger partial charge is 0.195 e. The van der Waals surface area contributed by atoms with Crippen LogP contribution in [-0.2, 0) is 13.7 Å². The highest BCUT2D eigenvalue weighted by Crippen LogP contribution is 2.35. The molecule has 0 aliphatic rings. The number of rotatable bonds is 8. The molecule has 0 unspecified atom stereocenters. The Bertz CT molecular complexity index is 1380. The van der Waals surface area contributed by atoms with Gasteiger partial charge in [-0.05, 0) is 36.9 Å². The predicted molar refractivity (Wildman–Crippen MR) is 137 cm³/mol. The maximum atomic E-state index is 6.52. The van der Waals surface area contributed by atoms with E-state index in [0.29, 0.717) is 10.8 Å². The van der Waals surface area contributed by atoms with Gasteiger partial charge in [-0.15, -0.1) is 10.2 Å². The standard InChI is InChI=1S/C25H25ClN6OS/c1-6-8-21(31(3)4)18-11-16(2)29-24-17(18)9-7-10-22(24)33-14-19-20(26)12-27-13-23(19)34-25-30-28-15-32(25)5/h6-13,15H,1,14H2,2-5H3/b21-8-. The van der Waals surface area contributed by atoms with Gasteiger partial charge in [-0.3, -0.25) is 4.98 Å². The van der Waals surface area contributed by atoms with Crippen LogP contribution in [0.1, 0.15) is 16.8 Å². The first-order chi connectivity index (χ1) is 16.4. The third kappa shape index (κ3) is 4.93. The highest BCUT2D eigenvalue weighted by atomic mass is 35.5. The Kier molecular flexibility index (Phi) is 7.19. The first-order valence-corrected chi connectivity index (χ1v) is 11.8.